The minimum atomic E-state index is -3.36. The van der Waals surface area contributed by atoms with Gasteiger partial charge in [-0.15, -0.1) is 0 Å². The zero-order valence-electron chi connectivity index (χ0n) is 9.65. The van der Waals surface area contributed by atoms with Gasteiger partial charge in [0.25, 0.3) is 0 Å². The molecule has 0 aliphatic carbocycles. The molecule has 96 valence electrons. The standard InChI is InChI=1S/C11H16ClNO3S/c1-16-6-2-3-7-17(14,15)11-8-9(12)4-5-10(11)13/h4-5,8H,2-3,6-7,13H2,1H3. The van der Waals surface area contributed by atoms with Crippen LogP contribution in [-0.2, 0) is 14.6 Å². The molecule has 17 heavy (non-hydrogen) atoms. The molecule has 0 saturated heterocycles. The number of hydrogen-bond donors (Lipinski definition) is 1. The van der Waals surface area contributed by atoms with Crippen LogP contribution in [0.4, 0.5) is 5.69 Å². The van der Waals surface area contributed by atoms with E-state index in [1.54, 1.807) is 13.2 Å². The number of benzene rings is 1. The summed E-state index contributed by atoms with van der Waals surface area (Å²) in [7, 11) is -1.77. The second kappa shape index (κ2) is 6.23. The van der Waals surface area contributed by atoms with Gasteiger partial charge in [0.2, 0.25) is 0 Å². The Morgan fingerprint density at radius 3 is 2.71 bits per heavy atom. The minimum Gasteiger partial charge on any atom is -0.398 e. The molecule has 0 aromatic heterocycles. The second-order valence-electron chi connectivity index (χ2n) is 3.70. The second-order valence-corrected chi connectivity index (χ2v) is 6.21. The molecule has 0 heterocycles. The van der Waals surface area contributed by atoms with E-state index in [1.807, 2.05) is 0 Å². The van der Waals surface area contributed by atoms with Crippen molar-refractivity contribution >= 4 is 27.1 Å². The fourth-order valence-electron chi connectivity index (χ4n) is 1.43. The predicted molar refractivity (Wildman–Crippen MR) is 69.0 cm³/mol. The van der Waals surface area contributed by atoms with E-state index in [9.17, 15) is 8.42 Å². The third kappa shape index (κ3) is 4.18. The van der Waals surface area contributed by atoms with E-state index in [0.29, 0.717) is 24.5 Å². The molecule has 1 aromatic carbocycles. The molecule has 0 bridgehead atoms. The van der Waals surface area contributed by atoms with Gasteiger partial charge in [0.1, 0.15) is 0 Å². The molecule has 0 aliphatic rings. The summed E-state index contributed by atoms with van der Waals surface area (Å²) < 4.78 is 28.8. The fraction of sp³-hybridized carbons (Fsp3) is 0.455. The summed E-state index contributed by atoms with van der Waals surface area (Å²) in [6, 6.07) is 4.47. The van der Waals surface area contributed by atoms with Crippen LogP contribution in [0.2, 0.25) is 5.02 Å². The van der Waals surface area contributed by atoms with Crippen molar-refractivity contribution in [3.05, 3.63) is 23.2 Å². The van der Waals surface area contributed by atoms with E-state index in [1.165, 1.54) is 12.1 Å². The normalized spacial score (nSPS) is 11.6. The number of methoxy groups -OCH3 is 1. The molecule has 0 amide bonds. The highest BCUT2D eigenvalue weighted by Crippen LogP contribution is 2.24. The highest BCUT2D eigenvalue weighted by Gasteiger charge is 2.17. The lowest BCUT2D eigenvalue weighted by molar-refractivity contribution is 0.194. The van der Waals surface area contributed by atoms with Crippen molar-refractivity contribution < 1.29 is 13.2 Å². The van der Waals surface area contributed by atoms with Crippen LogP contribution in [0.15, 0.2) is 23.1 Å². The summed E-state index contributed by atoms with van der Waals surface area (Å²) >= 11 is 5.77. The Labute approximate surface area is 107 Å². The van der Waals surface area contributed by atoms with Crippen LogP contribution in [0, 0.1) is 0 Å². The van der Waals surface area contributed by atoms with Crippen LogP contribution in [0.5, 0.6) is 0 Å². The molecule has 1 rings (SSSR count). The average Bonchev–Trinajstić information content (AvgIpc) is 2.28. The highest BCUT2D eigenvalue weighted by molar-refractivity contribution is 7.91. The third-order valence-corrected chi connectivity index (χ3v) is 4.41. The smallest absolute Gasteiger partial charge is 0.180 e. The van der Waals surface area contributed by atoms with E-state index >= 15 is 0 Å². The van der Waals surface area contributed by atoms with Gasteiger partial charge in [-0.1, -0.05) is 11.6 Å². The predicted octanol–water partition coefficient (Wildman–Crippen LogP) is 2.12. The van der Waals surface area contributed by atoms with Gasteiger partial charge in [-0.2, -0.15) is 0 Å². The lowest BCUT2D eigenvalue weighted by Crippen LogP contribution is -2.10. The van der Waals surface area contributed by atoms with E-state index in [0.717, 1.165) is 0 Å². The van der Waals surface area contributed by atoms with Crippen molar-refractivity contribution in [2.45, 2.75) is 17.7 Å². The molecule has 6 heteroatoms. The van der Waals surface area contributed by atoms with Crippen molar-refractivity contribution in [1.82, 2.24) is 0 Å². The van der Waals surface area contributed by atoms with Gasteiger partial charge >= 0.3 is 0 Å². The van der Waals surface area contributed by atoms with E-state index in [2.05, 4.69) is 0 Å². The van der Waals surface area contributed by atoms with Crippen LogP contribution in [0.3, 0.4) is 0 Å². The summed E-state index contributed by atoms with van der Waals surface area (Å²) in [4.78, 5) is 0.113. The summed E-state index contributed by atoms with van der Waals surface area (Å²) in [6.45, 7) is 0.556. The molecular weight excluding hydrogens is 262 g/mol. The molecule has 0 fully saturated rings. The largest absolute Gasteiger partial charge is 0.398 e. The average molecular weight is 278 g/mol. The molecule has 0 aliphatic heterocycles. The summed E-state index contributed by atoms with van der Waals surface area (Å²) in [6.07, 6.45) is 1.25. The van der Waals surface area contributed by atoms with Gasteiger partial charge in [-0.3, -0.25) is 0 Å². The number of sulfone groups is 1. The Morgan fingerprint density at radius 2 is 2.06 bits per heavy atom. The molecule has 2 N–H and O–H groups in total. The third-order valence-electron chi connectivity index (χ3n) is 2.32. The lowest BCUT2D eigenvalue weighted by Gasteiger charge is -2.07. The molecule has 4 nitrogen and oxygen atoms in total. The first-order valence-corrected chi connectivity index (χ1v) is 7.27. The maximum absolute atomic E-state index is 12.0. The maximum Gasteiger partial charge on any atom is 0.180 e. The Hall–Kier alpha value is -0.780. The van der Waals surface area contributed by atoms with Crippen molar-refractivity contribution in [1.29, 1.82) is 0 Å². The van der Waals surface area contributed by atoms with E-state index in [-0.39, 0.29) is 16.3 Å². The van der Waals surface area contributed by atoms with Crippen LogP contribution in [0.1, 0.15) is 12.8 Å². The SMILES string of the molecule is COCCCCS(=O)(=O)c1cc(Cl)ccc1N. The Kier molecular flexibility index (Phi) is 5.24. The van der Waals surface area contributed by atoms with Crippen LogP contribution in [-0.4, -0.2) is 27.9 Å². The Morgan fingerprint density at radius 1 is 1.35 bits per heavy atom. The monoisotopic (exact) mass is 277 g/mol. The number of unbranched alkanes of at least 4 members (excludes halogenated alkanes) is 1. The summed E-state index contributed by atoms with van der Waals surface area (Å²) in [5.74, 6) is 0.0565. The molecule has 0 saturated carbocycles. The number of nitrogens with two attached hydrogens (primary N) is 1. The molecule has 1 aromatic rings. The van der Waals surface area contributed by atoms with Gasteiger partial charge in [-0.05, 0) is 31.0 Å². The van der Waals surface area contributed by atoms with Crippen LogP contribution in [0.25, 0.3) is 0 Å². The van der Waals surface area contributed by atoms with E-state index in [4.69, 9.17) is 22.1 Å². The van der Waals surface area contributed by atoms with Crippen molar-refractivity contribution in [2.24, 2.45) is 0 Å². The van der Waals surface area contributed by atoms with Gasteiger partial charge < -0.3 is 10.5 Å². The number of rotatable bonds is 6. The Balaban J connectivity index is 2.79. The number of ether oxygens (including phenoxy) is 1. The zero-order valence-corrected chi connectivity index (χ0v) is 11.2. The van der Waals surface area contributed by atoms with E-state index < -0.39 is 9.84 Å². The molecule has 0 unspecified atom stereocenters. The van der Waals surface area contributed by atoms with Crippen molar-refractivity contribution in [3.63, 3.8) is 0 Å². The van der Waals surface area contributed by atoms with Gasteiger partial charge in [0.15, 0.2) is 9.84 Å². The number of anilines is 1. The molecule has 0 atom stereocenters. The highest BCUT2D eigenvalue weighted by atomic mass is 35.5. The van der Waals surface area contributed by atoms with Gasteiger partial charge in [-0.25, -0.2) is 8.42 Å². The minimum absolute atomic E-state index is 0.0565. The van der Waals surface area contributed by atoms with Gasteiger partial charge in [0.05, 0.1) is 16.3 Å². The quantitative estimate of drug-likeness (QED) is 0.639. The Bertz CT molecular complexity index is 474. The first-order valence-electron chi connectivity index (χ1n) is 5.24. The van der Waals surface area contributed by atoms with Crippen molar-refractivity contribution in [2.75, 3.05) is 25.2 Å². The van der Waals surface area contributed by atoms with Crippen LogP contribution >= 0.6 is 11.6 Å². The summed E-state index contributed by atoms with van der Waals surface area (Å²) in [5, 5.41) is 0.370. The zero-order chi connectivity index (χ0) is 12.9. The first-order chi connectivity index (χ1) is 7.97. The van der Waals surface area contributed by atoms with Crippen molar-refractivity contribution in [3.8, 4) is 0 Å². The number of hydrogen-bond acceptors (Lipinski definition) is 4. The number of nitrogen functional groups attached to an aromatic ring is 1. The number of halogens is 1. The fourth-order valence-corrected chi connectivity index (χ4v) is 3.20. The molecule has 0 radical (unpaired) electrons. The summed E-state index contributed by atoms with van der Waals surface area (Å²) in [5.41, 5.74) is 5.88. The molecule has 0 spiro atoms. The lowest BCUT2D eigenvalue weighted by atomic mass is 10.3. The first kappa shape index (κ1) is 14.3. The topological polar surface area (TPSA) is 69.4 Å². The van der Waals surface area contributed by atoms with Crippen LogP contribution < -0.4 is 5.73 Å². The van der Waals surface area contributed by atoms with Gasteiger partial charge in [0, 0.05) is 18.7 Å². The molecular formula is C11H16ClNO3S. The maximum atomic E-state index is 12.0.